The van der Waals surface area contributed by atoms with Crippen LogP contribution in [0.2, 0.25) is 0 Å². The third kappa shape index (κ3) is 4.27. The molecule has 1 saturated carbocycles. The van der Waals surface area contributed by atoms with E-state index in [-0.39, 0.29) is 11.9 Å². The topological polar surface area (TPSA) is 78.7 Å². The van der Waals surface area contributed by atoms with E-state index in [4.69, 9.17) is 4.52 Å². The summed E-state index contributed by atoms with van der Waals surface area (Å²) in [7, 11) is 0. The molecule has 0 unspecified atom stereocenters. The van der Waals surface area contributed by atoms with Crippen LogP contribution >= 0.6 is 0 Å². The molecule has 2 heterocycles. The Balaban J connectivity index is 1.48. The first-order valence-electron chi connectivity index (χ1n) is 8.89. The standard InChI is InChI=1S/C17H26N4O3/c1-13-11-15(24-19-13)18-17(23)21-8-4-7-20(9-10-21)16(22)12-14-5-2-3-6-14/h11,14H,2-10,12H2,1H3,(H,18,23). The number of rotatable bonds is 3. The molecule has 7 nitrogen and oxygen atoms in total. The third-order valence-corrected chi connectivity index (χ3v) is 4.93. The fourth-order valence-electron chi connectivity index (χ4n) is 3.57. The Morgan fingerprint density at radius 2 is 1.88 bits per heavy atom. The molecule has 2 aliphatic rings. The maximum Gasteiger partial charge on any atom is 0.324 e. The van der Waals surface area contributed by atoms with E-state index >= 15 is 0 Å². The molecule has 0 atom stereocenters. The number of urea groups is 1. The van der Waals surface area contributed by atoms with E-state index in [1.807, 2.05) is 4.90 Å². The number of nitrogens with one attached hydrogen (secondary N) is 1. The van der Waals surface area contributed by atoms with Gasteiger partial charge in [0.1, 0.15) is 0 Å². The molecule has 1 aliphatic carbocycles. The van der Waals surface area contributed by atoms with Crippen molar-refractivity contribution in [2.24, 2.45) is 5.92 Å². The summed E-state index contributed by atoms with van der Waals surface area (Å²) in [5, 5.41) is 6.47. The zero-order valence-electron chi connectivity index (χ0n) is 14.3. The van der Waals surface area contributed by atoms with Gasteiger partial charge in [0.2, 0.25) is 11.8 Å². The highest BCUT2D eigenvalue weighted by molar-refractivity contribution is 5.88. The van der Waals surface area contributed by atoms with Gasteiger partial charge in [0.15, 0.2) is 0 Å². The zero-order chi connectivity index (χ0) is 16.9. The fraction of sp³-hybridized carbons (Fsp3) is 0.706. The minimum Gasteiger partial charge on any atom is -0.341 e. The van der Waals surface area contributed by atoms with E-state index in [0.717, 1.165) is 18.7 Å². The lowest BCUT2D eigenvalue weighted by atomic mass is 10.0. The van der Waals surface area contributed by atoms with E-state index in [1.165, 1.54) is 25.7 Å². The van der Waals surface area contributed by atoms with Crippen LogP contribution in [0.4, 0.5) is 10.7 Å². The molecule has 0 aromatic carbocycles. The minimum absolute atomic E-state index is 0.198. The zero-order valence-corrected chi connectivity index (χ0v) is 14.3. The summed E-state index contributed by atoms with van der Waals surface area (Å²) < 4.78 is 5.02. The Morgan fingerprint density at radius 1 is 1.17 bits per heavy atom. The van der Waals surface area contributed by atoms with Crippen LogP contribution < -0.4 is 5.32 Å². The monoisotopic (exact) mass is 334 g/mol. The number of hydrogen-bond acceptors (Lipinski definition) is 4. The Labute approximate surface area is 142 Å². The molecule has 1 aliphatic heterocycles. The maximum atomic E-state index is 12.5. The molecule has 132 valence electrons. The molecule has 2 fully saturated rings. The lowest BCUT2D eigenvalue weighted by Gasteiger charge is -2.23. The summed E-state index contributed by atoms with van der Waals surface area (Å²) in [4.78, 5) is 28.4. The first-order valence-corrected chi connectivity index (χ1v) is 8.89. The summed E-state index contributed by atoms with van der Waals surface area (Å²) in [6.07, 6.45) is 6.36. The summed E-state index contributed by atoms with van der Waals surface area (Å²) >= 11 is 0. The number of aryl methyl sites for hydroxylation is 1. The van der Waals surface area contributed by atoms with Gasteiger partial charge in [-0.05, 0) is 32.1 Å². The molecule has 3 rings (SSSR count). The van der Waals surface area contributed by atoms with Crippen molar-refractivity contribution in [3.8, 4) is 0 Å². The molecule has 0 spiro atoms. The first-order chi connectivity index (χ1) is 11.6. The quantitative estimate of drug-likeness (QED) is 0.921. The van der Waals surface area contributed by atoms with E-state index in [2.05, 4.69) is 10.5 Å². The third-order valence-electron chi connectivity index (χ3n) is 4.93. The van der Waals surface area contributed by atoms with Crippen LogP contribution in [-0.4, -0.2) is 53.1 Å². The molecule has 1 saturated heterocycles. The van der Waals surface area contributed by atoms with Gasteiger partial charge in [-0.2, -0.15) is 0 Å². The number of amides is 3. The molecule has 0 radical (unpaired) electrons. The minimum atomic E-state index is -0.198. The van der Waals surface area contributed by atoms with Crippen molar-refractivity contribution in [1.29, 1.82) is 0 Å². The van der Waals surface area contributed by atoms with Crippen LogP contribution in [0.15, 0.2) is 10.6 Å². The van der Waals surface area contributed by atoms with Gasteiger partial charge >= 0.3 is 6.03 Å². The molecular formula is C17H26N4O3. The van der Waals surface area contributed by atoms with E-state index in [9.17, 15) is 9.59 Å². The van der Waals surface area contributed by atoms with Gasteiger partial charge in [-0.15, -0.1) is 0 Å². The van der Waals surface area contributed by atoms with Gasteiger partial charge in [-0.1, -0.05) is 18.0 Å². The van der Waals surface area contributed by atoms with Crippen molar-refractivity contribution in [3.63, 3.8) is 0 Å². The van der Waals surface area contributed by atoms with Crippen LogP contribution in [0, 0.1) is 12.8 Å². The predicted molar refractivity (Wildman–Crippen MR) is 89.6 cm³/mol. The van der Waals surface area contributed by atoms with Crippen molar-refractivity contribution in [2.75, 3.05) is 31.5 Å². The van der Waals surface area contributed by atoms with Crippen molar-refractivity contribution in [3.05, 3.63) is 11.8 Å². The second-order valence-corrected chi connectivity index (χ2v) is 6.84. The number of anilines is 1. The van der Waals surface area contributed by atoms with Crippen LogP contribution in [0.5, 0.6) is 0 Å². The van der Waals surface area contributed by atoms with Crippen LogP contribution in [-0.2, 0) is 4.79 Å². The molecule has 1 N–H and O–H groups in total. The van der Waals surface area contributed by atoms with Gasteiger partial charge < -0.3 is 14.3 Å². The average Bonchev–Trinajstić information content (AvgIpc) is 3.12. The first kappa shape index (κ1) is 16.8. The molecule has 1 aromatic heterocycles. The SMILES string of the molecule is Cc1cc(NC(=O)N2CCCN(C(=O)CC3CCCC3)CC2)on1. The number of carbonyl (C=O) groups excluding carboxylic acids is 2. The highest BCUT2D eigenvalue weighted by Gasteiger charge is 2.25. The maximum absolute atomic E-state index is 12.5. The van der Waals surface area contributed by atoms with Gasteiger partial charge in [0, 0.05) is 38.7 Å². The Morgan fingerprint density at radius 3 is 2.58 bits per heavy atom. The molecule has 3 amide bonds. The summed E-state index contributed by atoms with van der Waals surface area (Å²) in [5.41, 5.74) is 0.727. The van der Waals surface area contributed by atoms with Crippen molar-refractivity contribution in [2.45, 2.75) is 45.4 Å². The molecule has 7 heteroatoms. The highest BCUT2D eigenvalue weighted by atomic mass is 16.5. The lowest BCUT2D eigenvalue weighted by molar-refractivity contribution is -0.132. The van der Waals surface area contributed by atoms with Crippen LogP contribution in [0.1, 0.15) is 44.2 Å². The second-order valence-electron chi connectivity index (χ2n) is 6.84. The molecule has 0 bridgehead atoms. The van der Waals surface area contributed by atoms with Crippen LogP contribution in [0.3, 0.4) is 0 Å². The van der Waals surface area contributed by atoms with Gasteiger partial charge in [0.05, 0.1) is 5.69 Å². The number of carbonyl (C=O) groups is 2. The van der Waals surface area contributed by atoms with Crippen molar-refractivity contribution < 1.29 is 14.1 Å². The number of nitrogens with zero attached hydrogens (tertiary/aromatic N) is 3. The second kappa shape index (κ2) is 7.68. The van der Waals surface area contributed by atoms with Crippen molar-refractivity contribution >= 4 is 17.8 Å². The summed E-state index contributed by atoms with van der Waals surface area (Å²) in [5.74, 6) is 1.17. The largest absolute Gasteiger partial charge is 0.341 e. The number of aromatic nitrogens is 1. The average molecular weight is 334 g/mol. The lowest BCUT2D eigenvalue weighted by Crippen LogP contribution is -2.39. The number of hydrogen-bond donors (Lipinski definition) is 1. The molecular weight excluding hydrogens is 308 g/mol. The predicted octanol–water partition coefficient (Wildman–Crippen LogP) is 2.63. The van der Waals surface area contributed by atoms with Crippen LogP contribution in [0.25, 0.3) is 0 Å². The summed E-state index contributed by atoms with van der Waals surface area (Å²) in [6, 6.07) is 1.49. The highest BCUT2D eigenvalue weighted by Crippen LogP contribution is 2.28. The van der Waals surface area contributed by atoms with Gasteiger partial charge in [-0.25, -0.2) is 4.79 Å². The van der Waals surface area contributed by atoms with E-state index in [1.54, 1.807) is 17.9 Å². The van der Waals surface area contributed by atoms with E-state index in [0.29, 0.717) is 37.9 Å². The smallest absolute Gasteiger partial charge is 0.324 e. The Bertz CT molecular complexity index is 580. The van der Waals surface area contributed by atoms with Crippen molar-refractivity contribution in [1.82, 2.24) is 15.0 Å². The fourth-order valence-corrected chi connectivity index (χ4v) is 3.57. The normalized spacial score (nSPS) is 19.4. The van der Waals surface area contributed by atoms with Gasteiger partial charge in [-0.3, -0.25) is 10.1 Å². The van der Waals surface area contributed by atoms with Gasteiger partial charge in [0.25, 0.3) is 0 Å². The Kier molecular flexibility index (Phi) is 5.37. The molecule has 1 aromatic rings. The Hall–Kier alpha value is -2.05. The van der Waals surface area contributed by atoms with E-state index < -0.39 is 0 Å². The molecule has 24 heavy (non-hydrogen) atoms. The summed E-state index contributed by atoms with van der Waals surface area (Å²) in [6.45, 7) is 4.34.